The van der Waals surface area contributed by atoms with E-state index in [9.17, 15) is 8.42 Å². The lowest BCUT2D eigenvalue weighted by atomic mass is 10.2. The molecule has 0 fully saturated rings. The number of halogens is 1. The van der Waals surface area contributed by atoms with Crippen LogP contribution < -0.4 is 0 Å². The van der Waals surface area contributed by atoms with Crippen molar-refractivity contribution < 1.29 is 8.42 Å². The molecule has 2 aromatic rings. The Balaban J connectivity index is 2.03. The number of sulfonamides is 1. The third-order valence-electron chi connectivity index (χ3n) is 4.02. The van der Waals surface area contributed by atoms with Gasteiger partial charge in [0, 0.05) is 31.5 Å². The number of nitrogens with zero attached hydrogens (tertiary/aromatic N) is 4. The van der Waals surface area contributed by atoms with Gasteiger partial charge in [-0.1, -0.05) is 11.6 Å². The lowest BCUT2D eigenvalue weighted by Gasteiger charge is -2.33. The van der Waals surface area contributed by atoms with Crippen molar-refractivity contribution in [2.75, 3.05) is 6.54 Å². The largest absolute Gasteiger partial charge is 0.346 e. The summed E-state index contributed by atoms with van der Waals surface area (Å²) >= 11 is 6.05. The fourth-order valence-corrected chi connectivity index (χ4v) is 4.80. The number of imidazole rings is 1. The number of hydrogen-bond donors (Lipinski definition) is 0. The molecule has 0 spiro atoms. The molecule has 3 heterocycles. The van der Waals surface area contributed by atoms with E-state index >= 15 is 0 Å². The van der Waals surface area contributed by atoms with Crippen LogP contribution in [0.1, 0.15) is 24.4 Å². The summed E-state index contributed by atoms with van der Waals surface area (Å²) in [5, 5.41) is 0.0644. The highest BCUT2D eigenvalue weighted by molar-refractivity contribution is 7.89. The second-order valence-corrected chi connectivity index (χ2v) is 7.46. The summed E-state index contributed by atoms with van der Waals surface area (Å²) in [5.74, 6) is 0. The second-order valence-electron chi connectivity index (χ2n) is 5.29. The molecule has 0 radical (unpaired) electrons. The van der Waals surface area contributed by atoms with Gasteiger partial charge < -0.3 is 9.13 Å². The highest BCUT2D eigenvalue weighted by Gasteiger charge is 2.37. The van der Waals surface area contributed by atoms with Crippen molar-refractivity contribution in [1.29, 1.82) is 0 Å². The number of aromatic nitrogens is 3. The number of aryl methyl sites for hydroxylation is 2. The van der Waals surface area contributed by atoms with Gasteiger partial charge in [-0.3, -0.25) is 0 Å². The summed E-state index contributed by atoms with van der Waals surface area (Å²) < 4.78 is 30.7. The smallest absolute Gasteiger partial charge is 0.264 e. The topological polar surface area (TPSA) is 60.1 Å². The van der Waals surface area contributed by atoms with Gasteiger partial charge in [0.05, 0.1) is 12.4 Å². The van der Waals surface area contributed by atoms with E-state index in [2.05, 4.69) is 9.55 Å². The molecule has 1 unspecified atom stereocenters. The van der Waals surface area contributed by atoms with Gasteiger partial charge in [-0.2, -0.15) is 4.31 Å². The number of fused-ring (bicyclic) bond motifs is 1. The molecule has 114 valence electrons. The Hall–Kier alpha value is -1.31. The average molecular weight is 329 g/mol. The molecule has 0 aromatic carbocycles. The first-order valence-electron chi connectivity index (χ1n) is 6.68. The molecule has 0 amide bonds. The van der Waals surface area contributed by atoms with E-state index in [-0.39, 0.29) is 16.2 Å². The fourth-order valence-electron chi connectivity index (χ4n) is 2.81. The first-order chi connectivity index (χ1) is 9.84. The van der Waals surface area contributed by atoms with E-state index in [0.29, 0.717) is 13.1 Å². The van der Waals surface area contributed by atoms with Gasteiger partial charge in [-0.25, -0.2) is 13.4 Å². The van der Waals surface area contributed by atoms with Crippen LogP contribution in [0, 0.1) is 6.92 Å². The highest BCUT2D eigenvalue weighted by Crippen LogP contribution is 2.33. The van der Waals surface area contributed by atoms with Gasteiger partial charge >= 0.3 is 0 Å². The molecular formula is C13H17ClN4O2S. The molecule has 21 heavy (non-hydrogen) atoms. The van der Waals surface area contributed by atoms with Crippen molar-refractivity contribution in [3.63, 3.8) is 0 Å². The minimum Gasteiger partial charge on any atom is -0.346 e. The third kappa shape index (κ3) is 2.11. The zero-order valence-electron chi connectivity index (χ0n) is 12.1. The molecule has 3 rings (SSSR count). The molecule has 0 N–H and O–H groups in total. The maximum Gasteiger partial charge on any atom is 0.264 e. The summed E-state index contributed by atoms with van der Waals surface area (Å²) in [5.41, 5.74) is 2.14. The van der Waals surface area contributed by atoms with Crippen LogP contribution >= 0.6 is 11.6 Å². The van der Waals surface area contributed by atoms with Crippen molar-refractivity contribution >= 4 is 21.6 Å². The van der Waals surface area contributed by atoms with Crippen LogP contribution in [0.3, 0.4) is 0 Å². The molecule has 0 saturated carbocycles. The Morgan fingerprint density at radius 3 is 2.67 bits per heavy atom. The molecule has 0 bridgehead atoms. The Bertz CT molecular complexity index is 793. The van der Waals surface area contributed by atoms with Gasteiger partial charge in [0.15, 0.2) is 0 Å². The van der Waals surface area contributed by atoms with E-state index in [1.165, 1.54) is 15.2 Å². The van der Waals surface area contributed by atoms with Crippen molar-refractivity contribution in [1.82, 2.24) is 18.4 Å². The van der Waals surface area contributed by atoms with Gasteiger partial charge in [-0.15, -0.1) is 0 Å². The van der Waals surface area contributed by atoms with Crippen LogP contribution in [0.4, 0.5) is 0 Å². The molecule has 0 aliphatic carbocycles. The van der Waals surface area contributed by atoms with E-state index in [1.54, 1.807) is 7.05 Å². The molecule has 0 saturated heterocycles. The Morgan fingerprint density at radius 2 is 2.05 bits per heavy atom. The lowest BCUT2D eigenvalue weighted by Crippen LogP contribution is -2.41. The van der Waals surface area contributed by atoms with Crippen LogP contribution in [0.5, 0.6) is 0 Å². The predicted octanol–water partition coefficient (Wildman–Crippen LogP) is 1.95. The molecule has 6 nitrogen and oxygen atoms in total. The third-order valence-corrected chi connectivity index (χ3v) is 6.49. The molecule has 1 aliphatic heterocycles. The first kappa shape index (κ1) is 14.6. The average Bonchev–Trinajstić information content (AvgIpc) is 2.96. The predicted molar refractivity (Wildman–Crippen MR) is 79.7 cm³/mol. The van der Waals surface area contributed by atoms with Crippen molar-refractivity contribution in [2.45, 2.75) is 31.5 Å². The Labute approximate surface area is 129 Å². The van der Waals surface area contributed by atoms with Crippen LogP contribution in [0.25, 0.3) is 0 Å². The van der Waals surface area contributed by atoms with E-state index < -0.39 is 10.0 Å². The van der Waals surface area contributed by atoms with Gasteiger partial charge in [-0.05, 0) is 26.0 Å². The monoisotopic (exact) mass is 328 g/mol. The van der Waals surface area contributed by atoms with Gasteiger partial charge in [0.2, 0.25) is 5.03 Å². The lowest BCUT2D eigenvalue weighted by molar-refractivity contribution is 0.280. The van der Waals surface area contributed by atoms with Crippen LogP contribution in [-0.4, -0.2) is 33.4 Å². The quantitative estimate of drug-likeness (QED) is 0.846. The number of rotatable bonds is 2. The minimum atomic E-state index is -3.70. The molecule has 2 aromatic heterocycles. The minimum absolute atomic E-state index is 0.0738. The second kappa shape index (κ2) is 4.86. The van der Waals surface area contributed by atoms with Crippen molar-refractivity contribution in [2.24, 2.45) is 7.05 Å². The summed E-state index contributed by atoms with van der Waals surface area (Å²) in [7, 11) is -2.03. The summed E-state index contributed by atoms with van der Waals surface area (Å²) in [6.07, 6.45) is 1.41. The zero-order valence-corrected chi connectivity index (χ0v) is 13.7. The molecular weight excluding hydrogens is 312 g/mol. The van der Waals surface area contributed by atoms with Crippen LogP contribution in [0.2, 0.25) is 5.15 Å². The van der Waals surface area contributed by atoms with Crippen LogP contribution in [0.15, 0.2) is 23.5 Å². The maximum absolute atomic E-state index is 12.8. The first-order valence-corrected chi connectivity index (χ1v) is 8.50. The molecule has 8 heteroatoms. The summed E-state index contributed by atoms with van der Waals surface area (Å²) in [6, 6.07) is 3.74. The zero-order chi connectivity index (χ0) is 15.4. The van der Waals surface area contributed by atoms with Gasteiger partial charge in [0.25, 0.3) is 10.0 Å². The van der Waals surface area contributed by atoms with E-state index in [1.807, 2.05) is 26.0 Å². The highest BCUT2D eigenvalue weighted by atomic mass is 35.5. The van der Waals surface area contributed by atoms with Crippen molar-refractivity contribution in [3.8, 4) is 0 Å². The summed E-state index contributed by atoms with van der Waals surface area (Å²) in [4.78, 5) is 3.95. The Kier molecular flexibility index (Phi) is 3.38. The fraction of sp³-hybridized carbons (Fsp3) is 0.462. The summed E-state index contributed by atoms with van der Waals surface area (Å²) in [6.45, 7) is 4.97. The normalized spacial score (nSPS) is 19.7. The van der Waals surface area contributed by atoms with Crippen molar-refractivity contribution in [3.05, 3.63) is 35.0 Å². The number of hydrogen-bond acceptors (Lipinski definition) is 3. The standard InChI is InChI=1S/C13H17ClN4O2S/c1-9-4-5-11-10(2)18(7-6-17(9)11)21(19,20)13-12(14)16(3)8-15-13/h4-5,8,10H,6-7H2,1-3H3. The van der Waals surface area contributed by atoms with Crippen LogP contribution in [-0.2, 0) is 23.6 Å². The van der Waals surface area contributed by atoms with E-state index in [0.717, 1.165) is 11.4 Å². The van der Waals surface area contributed by atoms with Gasteiger partial charge in [0.1, 0.15) is 5.15 Å². The SMILES string of the molecule is Cc1ccc2n1CCN(S(=O)(=O)c1ncn(C)c1Cl)C2C. The molecule has 1 aliphatic rings. The van der Waals surface area contributed by atoms with E-state index in [4.69, 9.17) is 11.6 Å². The molecule has 1 atom stereocenters. The maximum atomic E-state index is 12.8. The Morgan fingerprint density at radius 1 is 1.33 bits per heavy atom.